The van der Waals surface area contributed by atoms with Crippen molar-refractivity contribution in [1.82, 2.24) is 0 Å². The van der Waals surface area contributed by atoms with Gasteiger partial charge in [0.1, 0.15) is 0 Å². The zero-order chi connectivity index (χ0) is 34.1. The van der Waals surface area contributed by atoms with Gasteiger partial charge in [-0.25, -0.2) is 0 Å². The Balaban J connectivity index is 3.24. The Labute approximate surface area is 305 Å². The number of esters is 2. The van der Waals surface area contributed by atoms with E-state index in [1.165, 1.54) is 193 Å². The number of ether oxygens (including phenoxy) is 2. The van der Waals surface area contributed by atoms with Crippen LogP contribution in [0.25, 0.3) is 0 Å². The molecule has 0 aromatic rings. The van der Waals surface area contributed by atoms with Crippen LogP contribution in [0.1, 0.15) is 232 Å². The van der Waals surface area contributed by atoms with Crippen LogP contribution in [0.3, 0.4) is 0 Å². The van der Waals surface area contributed by atoms with Crippen LogP contribution in [0.4, 0.5) is 0 Å². The molecule has 0 unspecified atom stereocenters. The van der Waals surface area contributed by atoms with Gasteiger partial charge >= 0.3 is 177 Å². The van der Waals surface area contributed by atoms with Crippen LogP contribution in [0.5, 0.6) is 0 Å². The minimum Gasteiger partial charge on any atom is -0.0654 e. The van der Waals surface area contributed by atoms with Crippen LogP contribution >= 0.6 is 0 Å². The van der Waals surface area contributed by atoms with Crippen molar-refractivity contribution >= 4 is 33.1 Å². The van der Waals surface area contributed by atoms with Gasteiger partial charge in [0, 0.05) is 0 Å². The van der Waals surface area contributed by atoms with Gasteiger partial charge in [-0.3, -0.25) is 0 Å². The number of carbonyl (C=O) groups is 2. The van der Waals surface area contributed by atoms with Crippen LogP contribution in [0.15, 0.2) is 0 Å². The summed E-state index contributed by atoms with van der Waals surface area (Å²) in [4.78, 5) is 24.0. The first-order chi connectivity index (χ1) is 23.2. The molecule has 0 saturated carbocycles. The quantitative estimate of drug-likeness (QED) is 0.0354. The molecule has 0 saturated heterocycles. The Bertz CT molecular complexity index is 574. The first-order valence-corrected chi connectivity index (χ1v) is 25.3. The third-order valence-electron chi connectivity index (χ3n) is 9.53. The average Bonchev–Trinajstić information content (AvgIpc) is 3.07. The van der Waals surface area contributed by atoms with Crippen molar-refractivity contribution in [3.63, 3.8) is 0 Å². The fourth-order valence-corrected chi connectivity index (χ4v) is 9.21. The molecule has 0 aliphatic heterocycles. The minimum atomic E-state index is -0.676. The molecule has 0 aromatic carbocycles. The van der Waals surface area contributed by atoms with Crippen molar-refractivity contribution in [2.45, 2.75) is 241 Å². The second kappa shape index (κ2) is 41.9. The van der Waals surface area contributed by atoms with E-state index in [0.717, 1.165) is 21.7 Å². The van der Waals surface area contributed by atoms with E-state index in [1.54, 1.807) is 0 Å². The Hall–Kier alpha value is -0.261. The smallest absolute Gasteiger partial charge is 0.0654 e. The predicted octanol–water partition coefficient (Wildman–Crippen LogP) is 13.9. The monoisotopic (exact) mass is 771 g/mol. The molecule has 4 nitrogen and oxygen atoms in total. The molecular formula is C42H82O4Sn+2. The van der Waals surface area contributed by atoms with Gasteiger partial charge in [0.25, 0.3) is 0 Å². The van der Waals surface area contributed by atoms with Crippen LogP contribution in [0, 0.1) is 0 Å². The molecule has 0 fully saturated rings. The van der Waals surface area contributed by atoms with Gasteiger partial charge in [-0.05, 0) is 0 Å². The van der Waals surface area contributed by atoms with Gasteiger partial charge in [0.2, 0.25) is 0 Å². The molecule has 0 radical (unpaired) electrons. The summed E-state index contributed by atoms with van der Waals surface area (Å²) in [6.07, 6.45) is 44.4. The van der Waals surface area contributed by atoms with E-state index < -0.39 is 21.1 Å². The molecule has 0 aromatic heterocycles. The van der Waals surface area contributed by atoms with Gasteiger partial charge in [-0.2, -0.15) is 0 Å². The first-order valence-electron chi connectivity index (χ1n) is 21.2. The van der Waals surface area contributed by atoms with Crippen LogP contribution in [-0.4, -0.2) is 46.3 Å². The summed E-state index contributed by atoms with van der Waals surface area (Å²) >= 11 is -0.676. The number of carbonyl (C=O) groups excluding carboxylic acids is 2. The third-order valence-corrected chi connectivity index (χ3v) is 13.0. The average molecular weight is 770 g/mol. The normalized spacial score (nSPS) is 11.1. The summed E-state index contributed by atoms with van der Waals surface area (Å²) in [6, 6.07) is 0. The van der Waals surface area contributed by atoms with Crippen molar-refractivity contribution in [3.8, 4) is 0 Å². The first kappa shape index (κ1) is 46.7. The molecule has 0 atom stereocenters. The van der Waals surface area contributed by atoms with Crippen molar-refractivity contribution in [2.75, 3.05) is 13.2 Å². The topological polar surface area (TPSA) is 52.6 Å². The Kier molecular flexibility index (Phi) is 41.7. The molecular weight excluding hydrogens is 687 g/mol. The molecule has 276 valence electrons. The van der Waals surface area contributed by atoms with E-state index in [1.807, 2.05) is 0 Å². The van der Waals surface area contributed by atoms with Crippen LogP contribution in [0.2, 0.25) is 8.87 Å². The van der Waals surface area contributed by atoms with E-state index in [0.29, 0.717) is 26.1 Å². The van der Waals surface area contributed by atoms with Gasteiger partial charge in [-0.15, -0.1) is 0 Å². The van der Waals surface area contributed by atoms with E-state index in [2.05, 4.69) is 13.8 Å². The molecule has 0 bridgehead atoms. The van der Waals surface area contributed by atoms with Crippen LogP contribution < -0.4 is 0 Å². The van der Waals surface area contributed by atoms with Gasteiger partial charge in [0.15, 0.2) is 0 Å². The van der Waals surface area contributed by atoms with E-state index in [-0.39, 0.29) is 11.9 Å². The maximum absolute atomic E-state index is 12.0. The molecule has 0 N–H and O–H groups in total. The van der Waals surface area contributed by atoms with Gasteiger partial charge in [-0.1, -0.05) is 129 Å². The van der Waals surface area contributed by atoms with Crippen molar-refractivity contribution < 1.29 is 19.1 Å². The zero-order valence-electron chi connectivity index (χ0n) is 32.0. The van der Waals surface area contributed by atoms with Crippen molar-refractivity contribution in [3.05, 3.63) is 0 Å². The number of hydrogen-bond acceptors (Lipinski definition) is 4. The van der Waals surface area contributed by atoms with E-state index in [9.17, 15) is 9.59 Å². The number of hydrogen-bond donors (Lipinski definition) is 0. The fourth-order valence-electron chi connectivity index (χ4n) is 6.32. The minimum absolute atomic E-state index is 0.0436. The van der Waals surface area contributed by atoms with Gasteiger partial charge in [0.05, 0.1) is 0 Å². The second-order valence-corrected chi connectivity index (χ2v) is 18.6. The van der Waals surface area contributed by atoms with Crippen molar-refractivity contribution in [1.29, 1.82) is 0 Å². The van der Waals surface area contributed by atoms with E-state index >= 15 is 0 Å². The van der Waals surface area contributed by atoms with Crippen LogP contribution in [-0.2, 0) is 19.1 Å². The Morgan fingerprint density at radius 2 is 0.553 bits per heavy atom. The summed E-state index contributed by atoms with van der Waals surface area (Å²) in [5.74, 6) is -0.0872. The Morgan fingerprint density at radius 1 is 0.340 bits per heavy atom. The SMILES string of the molecule is CCCCCCCCCCCCCCCCCCOC(=O)C[CH2][Sn+2][CH2]CC(=O)OCCCCCCCCCCCCCCCCCC. The van der Waals surface area contributed by atoms with E-state index in [4.69, 9.17) is 9.47 Å². The molecule has 0 spiro atoms. The molecule has 0 rings (SSSR count). The molecule has 5 heteroatoms. The summed E-state index contributed by atoms with van der Waals surface area (Å²) in [6.45, 7) is 5.73. The molecule has 0 amide bonds. The summed E-state index contributed by atoms with van der Waals surface area (Å²) in [5.41, 5.74) is 0. The Morgan fingerprint density at radius 3 is 0.787 bits per heavy atom. The predicted molar refractivity (Wildman–Crippen MR) is 206 cm³/mol. The molecule has 0 aliphatic carbocycles. The second-order valence-electron chi connectivity index (χ2n) is 14.3. The maximum atomic E-state index is 12.0. The molecule has 0 aliphatic rings. The van der Waals surface area contributed by atoms with Crippen molar-refractivity contribution in [2.24, 2.45) is 0 Å². The zero-order valence-corrected chi connectivity index (χ0v) is 34.9. The number of unbranched alkanes of at least 4 members (excludes halogenated alkanes) is 30. The fraction of sp³-hybridized carbons (Fsp3) is 0.952. The summed E-state index contributed by atoms with van der Waals surface area (Å²) in [7, 11) is 0. The molecule has 0 heterocycles. The van der Waals surface area contributed by atoms with Gasteiger partial charge < -0.3 is 0 Å². The molecule has 47 heavy (non-hydrogen) atoms. The number of rotatable bonds is 40. The third kappa shape index (κ3) is 41.8. The summed E-state index contributed by atoms with van der Waals surface area (Å²) in [5, 5.41) is 0. The standard InChI is InChI=1S/2C21H41O2.Sn/c2*1-3-5-6-7-8-9-10-11-12-13-14-15-16-17-18-19-20-23-21(22)4-2;/h2*2-20H2,1H3;/q;;+2. The summed E-state index contributed by atoms with van der Waals surface area (Å²) < 4.78 is 12.8.